The van der Waals surface area contributed by atoms with Crippen molar-refractivity contribution in [2.75, 3.05) is 26.6 Å². The minimum Gasteiger partial charge on any atom is -0.508 e. The number of phenolic OH excluding ortho intramolecular Hbond substituents is 2. The van der Waals surface area contributed by atoms with Crippen LogP contribution in [0.15, 0.2) is 120 Å². The lowest BCUT2D eigenvalue weighted by molar-refractivity contribution is -0.105. The maximum absolute atomic E-state index is 12.8. The van der Waals surface area contributed by atoms with Gasteiger partial charge in [0, 0.05) is 28.7 Å². The molecule has 0 spiro atoms. The molecule has 0 saturated carbocycles. The van der Waals surface area contributed by atoms with E-state index in [1.165, 1.54) is 21.3 Å². The molecule has 2 atom stereocenters. The van der Waals surface area contributed by atoms with E-state index >= 15 is 0 Å². The molecule has 5 N–H and O–H groups in total. The van der Waals surface area contributed by atoms with Crippen molar-refractivity contribution in [1.82, 2.24) is 0 Å². The number of anilines is 1. The molecule has 0 radical (unpaired) electrons. The number of hydrogen-bond donors (Lipinski definition) is 4. The van der Waals surface area contributed by atoms with E-state index < -0.39 is 23.9 Å². The van der Waals surface area contributed by atoms with Gasteiger partial charge in [-0.3, -0.25) is 9.59 Å². The molecule has 0 heterocycles. The Morgan fingerprint density at radius 1 is 0.529 bits per heavy atom. The Morgan fingerprint density at radius 2 is 0.971 bits per heavy atom. The molecule has 348 valence electrons. The summed E-state index contributed by atoms with van der Waals surface area (Å²) < 4.78 is 14.9. The average Bonchev–Trinajstić information content (AvgIpc) is 3.37. The molecule has 0 bridgehead atoms. The van der Waals surface area contributed by atoms with Gasteiger partial charge >= 0.3 is 23.9 Å². The van der Waals surface area contributed by atoms with E-state index in [9.17, 15) is 39.0 Å². The molecule has 2 unspecified atom stereocenters. The Hall–Kier alpha value is -9.10. The van der Waals surface area contributed by atoms with Crippen molar-refractivity contribution >= 4 is 97.4 Å². The molecule has 0 aliphatic heterocycles. The highest BCUT2D eigenvalue weighted by molar-refractivity contribution is 6.10. The summed E-state index contributed by atoms with van der Waals surface area (Å²) in [5.74, 6) is -1.65. The molecule has 8 aromatic carbocycles. The first-order valence-electron chi connectivity index (χ1n) is 22.1. The van der Waals surface area contributed by atoms with Crippen LogP contribution in [0.25, 0.3) is 77.5 Å². The van der Waals surface area contributed by atoms with Crippen LogP contribution in [-0.2, 0) is 23.8 Å². The van der Waals surface area contributed by atoms with Crippen molar-refractivity contribution in [3.63, 3.8) is 0 Å². The average molecular weight is 933 g/mol. The third-order valence-electron chi connectivity index (χ3n) is 13.2. The summed E-state index contributed by atoms with van der Waals surface area (Å²) in [5.41, 5.74) is 13.8. The van der Waals surface area contributed by atoms with Crippen molar-refractivity contribution < 1.29 is 53.2 Å². The third kappa shape index (κ3) is 8.02. The zero-order chi connectivity index (χ0) is 49.7. The van der Waals surface area contributed by atoms with Crippen LogP contribution in [0, 0.1) is 0 Å². The molecule has 2 amide bonds. The SMILES string of the molecule is COC(=O)c1cc2cc(NC(N)=O)ccc2cc1-c1cc2c3c(c(O)ccc3c1)C(C)C(C=O)=C2.COC(=O)c1ccc2cc(-c3cc4c5c(c(O)ccc5c3)C(C)C(C=O)=C4)c(C(=O)OC)cc2c1. The number of amides is 2. The summed E-state index contributed by atoms with van der Waals surface area (Å²) in [7, 11) is 3.96. The molecule has 70 heavy (non-hydrogen) atoms. The number of nitrogens with two attached hydrogens (primary N) is 1. The number of allylic oxidation sites excluding steroid dienone is 2. The number of nitrogens with one attached hydrogen (secondary N) is 1. The summed E-state index contributed by atoms with van der Waals surface area (Å²) in [6.45, 7) is 3.79. The van der Waals surface area contributed by atoms with Crippen LogP contribution < -0.4 is 11.1 Å². The fourth-order valence-corrected chi connectivity index (χ4v) is 9.76. The lowest BCUT2D eigenvalue weighted by Crippen LogP contribution is -2.19. The van der Waals surface area contributed by atoms with Crippen molar-refractivity contribution in [1.29, 1.82) is 0 Å². The van der Waals surface area contributed by atoms with Crippen molar-refractivity contribution in [2.45, 2.75) is 25.7 Å². The van der Waals surface area contributed by atoms with Crippen LogP contribution >= 0.6 is 0 Å². The van der Waals surface area contributed by atoms with Crippen LogP contribution in [0.2, 0.25) is 0 Å². The second kappa shape index (κ2) is 18.2. The summed E-state index contributed by atoms with van der Waals surface area (Å²) in [4.78, 5) is 72.3. The molecular formula is C57H44N2O11. The first-order chi connectivity index (χ1) is 33.7. The summed E-state index contributed by atoms with van der Waals surface area (Å²) >= 11 is 0. The highest BCUT2D eigenvalue weighted by atomic mass is 16.5. The fraction of sp³-hybridized carbons (Fsp3) is 0.123. The van der Waals surface area contributed by atoms with E-state index in [1.54, 1.807) is 54.6 Å². The maximum Gasteiger partial charge on any atom is 0.338 e. The molecule has 2 aliphatic rings. The van der Waals surface area contributed by atoms with Crippen LogP contribution in [-0.4, -0.2) is 68.1 Å². The Balaban J connectivity index is 0.000000174. The lowest BCUT2D eigenvalue weighted by atomic mass is 9.80. The summed E-state index contributed by atoms with van der Waals surface area (Å²) in [6, 6.07) is 31.6. The predicted octanol–water partition coefficient (Wildman–Crippen LogP) is 11.0. The molecule has 0 fully saturated rings. The van der Waals surface area contributed by atoms with Crippen LogP contribution in [0.1, 0.15) is 79.0 Å². The van der Waals surface area contributed by atoms with Gasteiger partial charge in [0.25, 0.3) is 0 Å². The molecule has 0 aromatic heterocycles. The van der Waals surface area contributed by atoms with Gasteiger partial charge in [0.1, 0.15) is 24.1 Å². The van der Waals surface area contributed by atoms with Gasteiger partial charge in [0.15, 0.2) is 0 Å². The second-order valence-electron chi connectivity index (χ2n) is 17.2. The minimum absolute atomic E-state index is 0.146. The normalized spacial score (nSPS) is 14.5. The molecule has 8 aromatic rings. The number of urea groups is 1. The number of methoxy groups -OCH3 is 3. The summed E-state index contributed by atoms with van der Waals surface area (Å²) in [6.07, 6.45) is 5.29. The second-order valence-corrected chi connectivity index (χ2v) is 17.2. The fourth-order valence-electron chi connectivity index (χ4n) is 9.76. The molecular weight excluding hydrogens is 889 g/mol. The summed E-state index contributed by atoms with van der Waals surface area (Å²) in [5, 5.41) is 30.3. The van der Waals surface area contributed by atoms with Crippen LogP contribution in [0.3, 0.4) is 0 Å². The number of rotatable bonds is 8. The Bertz CT molecular complexity index is 3680. The first kappa shape index (κ1) is 46.0. The minimum atomic E-state index is -0.679. The van der Waals surface area contributed by atoms with Crippen molar-refractivity contribution in [2.24, 2.45) is 5.73 Å². The van der Waals surface area contributed by atoms with E-state index in [2.05, 4.69) is 5.32 Å². The number of phenols is 2. The Morgan fingerprint density at radius 3 is 1.41 bits per heavy atom. The number of aldehydes is 2. The van der Waals surface area contributed by atoms with E-state index in [-0.39, 0.29) is 23.3 Å². The van der Waals surface area contributed by atoms with Gasteiger partial charge in [0.05, 0.1) is 38.0 Å². The highest BCUT2D eigenvalue weighted by Gasteiger charge is 2.27. The monoisotopic (exact) mass is 932 g/mol. The Labute approximate surface area is 400 Å². The van der Waals surface area contributed by atoms with Gasteiger partial charge in [-0.25, -0.2) is 19.2 Å². The molecule has 10 rings (SSSR count). The lowest BCUT2D eigenvalue weighted by Gasteiger charge is -2.24. The quantitative estimate of drug-likeness (QED) is 0.0640. The molecule has 13 nitrogen and oxygen atoms in total. The molecule has 2 aliphatic carbocycles. The molecule has 13 heteroatoms. The van der Waals surface area contributed by atoms with Gasteiger partial charge in [-0.15, -0.1) is 0 Å². The number of esters is 3. The van der Waals surface area contributed by atoms with E-state index in [0.29, 0.717) is 50.0 Å². The van der Waals surface area contributed by atoms with Gasteiger partial charge in [-0.2, -0.15) is 0 Å². The number of fused-ring (bicyclic) bond motifs is 2. The number of carbonyl (C=O) groups excluding carboxylic acids is 6. The van der Waals surface area contributed by atoms with Crippen molar-refractivity contribution in [3.8, 4) is 33.8 Å². The van der Waals surface area contributed by atoms with Gasteiger partial charge in [-0.05, 0) is 185 Å². The maximum atomic E-state index is 12.8. The van der Waals surface area contributed by atoms with E-state index in [1.807, 2.05) is 80.6 Å². The van der Waals surface area contributed by atoms with Crippen molar-refractivity contribution in [3.05, 3.63) is 159 Å². The van der Waals surface area contributed by atoms with Gasteiger partial charge in [0.2, 0.25) is 0 Å². The number of hydrogen-bond acceptors (Lipinski definition) is 11. The van der Waals surface area contributed by atoms with Crippen LogP contribution in [0.5, 0.6) is 11.5 Å². The highest BCUT2D eigenvalue weighted by Crippen LogP contribution is 2.47. The standard InChI is InChI=1S/C29H22O6.C28H22N2O5/c1-15-22(14-30)11-21-10-20(8-17-6-7-25(31)26(15)27(17)21)23-12-16-4-5-18(28(32)34-2)9-19(16)13-24(23)29(33)35-3;1-14-20(13-31)9-19-8-18(7-16-4-6-24(32)25(14)26(16)19)22-11-15-3-5-21(30-28(29)34)10-17(15)12-23(22)27(33)35-2/h4-15,31H,1-3H3;3-14,32H,1-2H3,(H3,29,30,34). The van der Waals surface area contributed by atoms with Crippen LogP contribution in [0.4, 0.5) is 10.5 Å². The predicted molar refractivity (Wildman–Crippen MR) is 269 cm³/mol. The molecule has 0 saturated heterocycles. The van der Waals surface area contributed by atoms with Gasteiger partial charge in [-0.1, -0.05) is 38.1 Å². The number of benzene rings is 8. The number of aromatic hydroxyl groups is 2. The zero-order valence-electron chi connectivity index (χ0n) is 38.5. The smallest absolute Gasteiger partial charge is 0.338 e. The van der Waals surface area contributed by atoms with E-state index in [0.717, 1.165) is 83.7 Å². The first-order valence-corrected chi connectivity index (χ1v) is 22.1. The Kier molecular flexibility index (Phi) is 12.0. The van der Waals surface area contributed by atoms with Gasteiger partial charge < -0.3 is 35.5 Å². The zero-order valence-corrected chi connectivity index (χ0v) is 38.5. The topological polar surface area (TPSA) is 209 Å². The number of ether oxygens (including phenoxy) is 3. The largest absolute Gasteiger partial charge is 0.508 e. The third-order valence-corrected chi connectivity index (χ3v) is 13.2. The van der Waals surface area contributed by atoms with E-state index in [4.69, 9.17) is 19.9 Å². The number of primary amides is 1. The number of carbonyl (C=O) groups is 6.